The fourth-order valence-electron chi connectivity index (χ4n) is 5.93. The van der Waals surface area contributed by atoms with E-state index in [1.165, 1.54) is 19.3 Å². The summed E-state index contributed by atoms with van der Waals surface area (Å²) < 4.78 is 0. The number of hydrogen-bond acceptors (Lipinski definition) is 5. The van der Waals surface area contributed by atoms with Crippen molar-refractivity contribution in [2.75, 3.05) is 36.4 Å². The zero-order valence-electron chi connectivity index (χ0n) is 23.4. The van der Waals surface area contributed by atoms with E-state index in [-0.39, 0.29) is 17.7 Å². The summed E-state index contributed by atoms with van der Waals surface area (Å²) in [5, 5.41) is 3.32. The number of rotatable bonds is 10. The number of carbonyl (C=O) groups is 2. The van der Waals surface area contributed by atoms with Gasteiger partial charge in [-0.1, -0.05) is 43.5 Å². The maximum atomic E-state index is 13.3. The van der Waals surface area contributed by atoms with Crippen LogP contribution in [0.1, 0.15) is 67.3 Å². The predicted octanol–water partition coefficient (Wildman–Crippen LogP) is 5.86. The molecule has 210 valence electrons. The van der Waals surface area contributed by atoms with Crippen LogP contribution in [0.2, 0.25) is 0 Å². The minimum Gasteiger partial charge on any atom is -0.370 e. The van der Waals surface area contributed by atoms with Crippen molar-refractivity contribution in [1.29, 1.82) is 0 Å². The average Bonchev–Trinajstić information content (AvgIpc) is 3.55. The van der Waals surface area contributed by atoms with Gasteiger partial charge in [0.1, 0.15) is 0 Å². The number of carbonyl (C=O) groups excluding carboxylic acids is 2. The van der Waals surface area contributed by atoms with Gasteiger partial charge in [-0.3, -0.25) is 14.6 Å². The van der Waals surface area contributed by atoms with Gasteiger partial charge in [0.25, 0.3) is 5.91 Å². The van der Waals surface area contributed by atoms with Crippen LogP contribution in [0, 0.1) is 5.92 Å². The van der Waals surface area contributed by atoms with Gasteiger partial charge < -0.3 is 20.9 Å². The second kappa shape index (κ2) is 13.6. The Hall–Kier alpha value is -3.71. The molecule has 0 atom stereocenters. The summed E-state index contributed by atoms with van der Waals surface area (Å²) in [6.07, 6.45) is 11.8. The average molecular weight is 540 g/mol. The van der Waals surface area contributed by atoms with E-state index in [0.717, 1.165) is 73.3 Å². The highest BCUT2D eigenvalue weighted by atomic mass is 16.2. The molecule has 0 radical (unpaired) electrons. The number of anilines is 2. The van der Waals surface area contributed by atoms with E-state index in [9.17, 15) is 9.59 Å². The number of nitrogens with zero attached hydrogens (tertiary/aromatic N) is 3. The molecule has 2 aromatic carbocycles. The molecule has 2 aliphatic rings. The maximum Gasteiger partial charge on any atom is 0.255 e. The second-order valence-corrected chi connectivity index (χ2v) is 11.1. The first-order valence-electron chi connectivity index (χ1n) is 14.8. The Morgan fingerprint density at radius 3 is 2.50 bits per heavy atom. The molecule has 1 aliphatic heterocycles. The lowest BCUT2D eigenvalue weighted by Crippen LogP contribution is -2.32. The molecule has 1 saturated carbocycles. The second-order valence-electron chi connectivity index (χ2n) is 11.1. The molecule has 2 amide bonds. The summed E-state index contributed by atoms with van der Waals surface area (Å²) in [6, 6.07) is 18.3. The molecule has 7 heteroatoms. The predicted molar refractivity (Wildman–Crippen MR) is 161 cm³/mol. The largest absolute Gasteiger partial charge is 0.370 e. The Morgan fingerprint density at radius 2 is 1.75 bits per heavy atom. The number of hydrogen-bond donors (Lipinski definition) is 2. The van der Waals surface area contributed by atoms with E-state index in [4.69, 9.17) is 5.73 Å². The Balaban J connectivity index is 1.39. The van der Waals surface area contributed by atoms with Crippen molar-refractivity contribution in [2.24, 2.45) is 11.7 Å². The fraction of sp³-hybridized carbons (Fsp3) is 0.424. The smallest absolute Gasteiger partial charge is 0.255 e. The zero-order chi connectivity index (χ0) is 27.7. The van der Waals surface area contributed by atoms with Crippen molar-refractivity contribution in [3.05, 3.63) is 78.1 Å². The number of nitrogens with two attached hydrogens (primary N) is 1. The summed E-state index contributed by atoms with van der Waals surface area (Å²) in [5.74, 6) is 0.203. The van der Waals surface area contributed by atoms with Gasteiger partial charge in [0.2, 0.25) is 5.91 Å². The highest BCUT2D eigenvalue weighted by Gasteiger charge is 2.24. The zero-order valence-corrected chi connectivity index (χ0v) is 23.4. The van der Waals surface area contributed by atoms with Gasteiger partial charge in [0.05, 0.1) is 16.9 Å². The normalized spacial score (nSPS) is 15.7. The van der Waals surface area contributed by atoms with Gasteiger partial charge >= 0.3 is 0 Å². The molecule has 40 heavy (non-hydrogen) atoms. The van der Waals surface area contributed by atoms with Crippen LogP contribution in [-0.2, 0) is 11.3 Å². The molecular weight excluding hydrogens is 498 g/mol. The van der Waals surface area contributed by atoms with E-state index in [1.54, 1.807) is 24.5 Å². The number of benzene rings is 2. The molecule has 0 spiro atoms. The van der Waals surface area contributed by atoms with Gasteiger partial charge in [0, 0.05) is 44.5 Å². The Kier molecular flexibility index (Phi) is 9.45. The van der Waals surface area contributed by atoms with Crippen molar-refractivity contribution in [3.8, 4) is 11.1 Å². The highest BCUT2D eigenvalue weighted by molar-refractivity contribution is 5.97. The fourth-order valence-corrected chi connectivity index (χ4v) is 5.93. The van der Waals surface area contributed by atoms with Gasteiger partial charge in [-0.15, -0.1) is 0 Å². The van der Waals surface area contributed by atoms with Crippen LogP contribution in [0.5, 0.6) is 0 Å². The first-order valence-corrected chi connectivity index (χ1v) is 14.8. The summed E-state index contributed by atoms with van der Waals surface area (Å²) >= 11 is 0. The molecule has 1 aliphatic carbocycles. The standard InChI is InChI=1S/C33H41N5O2/c34-16-8-20-38(33(40)29-13-7-17-35-23-29)24-25-9-6-12-27(21-25)28-14-15-31(37-18-4-5-19-37)30(22-28)36-32(39)26-10-2-1-3-11-26/h6-7,9,12-15,17,21-23,26H,1-5,8,10-11,16,18-20,24,34H2,(H,36,39). The van der Waals surface area contributed by atoms with Gasteiger partial charge in [0.15, 0.2) is 0 Å². The molecule has 1 aromatic heterocycles. The maximum absolute atomic E-state index is 13.3. The molecule has 3 N–H and O–H groups in total. The van der Waals surface area contributed by atoms with Crippen LogP contribution in [0.3, 0.4) is 0 Å². The topological polar surface area (TPSA) is 91.6 Å². The third-order valence-electron chi connectivity index (χ3n) is 8.14. The molecule has 2 heterocycles. The first kappa shape index (κ1) is 27.8. The Morgan fingerprint density at radius 1 is 0.950 bits per heavy atom. The number of pyridine rings is 1. The minimum absolute atomic E-state index is 0.0466. The number of aromatic nitrogens is 1. The monoisotopic (exact) mass is 539 g/mol. The SMILES string of the molecule is NCCCN(Cc1cccc(-c2ccc(N3CCCC3)c(NC(=O)C3CCCCC3)c2)c1)C(=O)c1cccnc1. The van der Waals surface area contributed by atoms with E-state index in [2.05, 4.69) is 51.6 Å². The van der Waals surface area contributed by atoms with Crippen LogP contribution in [0.15, 0.2) is 67.0 Å². The van der Waals surface area contributed by atoms with Crippen LogP contribution in [0.25, 0.3) is 11.1 Å². The lowest BCUT2D eigenvalue weighted by Gasteiger charge is -2.25. The third-order valence-corrected chi connectivity index (χ3v) is 8.14. The summed E-state index contributed by atoms with van der Waals surface area (Å²) in [4.78, 5) is 34.8. The van der Waals surface area contributed by atoms with Gasteiger partial charge in [-0.05, 0) is 85.7 Å². The van der Waals surface area contributed by atoms with Crippen molar-refractivity contribution < 1.29 is 9.59 Å². The quantitative estimate of drug-likeness (QED) is 0.337. The van der Waals surface area contributed by atoms with Crippen LogP contribution in [0.4, 0.5) is 11.4 Å². The third kappa shape index (κ3) is 6.89. The molecular formula is C33H41N5O2. The van der Waals surface area contributed by atoms with E-state index in [1.807, 2.05) is 11.0 Å². The summed E-state index contributed by atoms with van der Waals surface area (Å²) in [5.41, 5.74) is 11.5. The molecule has 5 rings (SSSR count). The van der Waals surface area contributed by atoms with Crippen LogP contribution < -0.4 is 16.0 Å². The number of nitrogens with one attached hydrogen (secondary N) is 1. The minimum atomic E-state index is -0.0466. The number of amides is 2. The van der Waals surface area contributed by atoms with E-state index >= 15 is 0 Å². The van der Waals surface area contributed by atoms with Crippen LogP contribution in [-0.4, -0.2) is 47.9 Å². The lowest BCUT2D eigenvalue weighted by atomic mass is 9.88. The molecule has 0 bridgehead atoms. The van der Waals surface area contributed by atoms with Crippen LogP contribution >= 0.6 is 0 Å². The highest BCUT2D eigenvalue weighted by Crippen LogP contribution is 2.35. The molecule has 0 unspecified atom stereocenters. The lowest BCUT2D eigenvalue weighted by molar-refractivity contribution is -0.120. The van der Waals surface area contributed by atoms with Crippen molar-refractivity contribution >= 4 is 23.2 Å². The molecule has 2 fully saturated rings. The summed E-state index contributed by atoms with van der Waals surface area (Å²) in [6.45, 7) is 3.63. The van der Waals surface area contributed by atoms with E-state index < -0.39 is 0 Å². The molecule has 1 saturated heterocycles. The van der Waals surface area contributed by atoms with Gasteiger partial charge in [-0.25, -0.2) is 0 Å². The summed E-state index contributed by atoms with van der Waals surface area (Å²) in [7, 11) is 0. The van der Waals surface area contributed by atoms with Crippen molar-refractivity contribution in [1.82, 2.24) is 9.88 Å². The first-order chi connectivity index (χ1) is 19.6. The van der Waals surface area contributed by atoms with Gasteiger partial charge in [-0.2, -0.15) is 0 Å². The molecule has 3 aromatic rings. The Bertz CT molecular complexity index is 1280. The molecule has 7 nitrogen and oxygen atoms in total. The van der Waals surface area contributed by atoms with E-state index in [0.29, 0.717) is 25.2 Å². The van der Waals surface area contributed by atoms with Crippen molar-refractivity contribution in [3.63, 3.8) is 0 Å². The Labute approximate surface area is 237 Å². The van der Waals surface area contributed by atoms with Crippen molar-refractivity contribution in [2.45, 2.75) is 57.9 Å².